The maximum atomic E-state index is 13.1. The summed E-state index contributed by atoms with van der Waals surface area (Å²) in [6, 6.07) is 7.82. The first-order valence-electron chi connectivity index (χ1n) is 5.27. The van der Waals surface area contributed by atoms with E-state index in [-0.39, 0.29) is 11.7 Å². The van der Waals surface area contributed by atoms with Gasteiger partial charge in [-0.15, -0.1) is 0 Å². The number of hydrogen-bond donors (Lipinski definition) is 1. The zero-order valence-electron chi connectivity index (χ0n) is 9.70. The van der Waals surface area contributed by atoms with Crippen LogP contribution in [0.4, 0.5) is 10.1 Å². The summed E-state index contributed by atoms with van der Waals surface area (Å²) in [5, 5.41) is 2.69. The minimum absolute atomic E-state index is 0.244. The number of nitrogens with zero attached hydrogens (tertiary/aromatic N) is 1. The lowest BCUT2D eigenvalue weighted by Gasteiger charge is -2.08. The molecule has 2 rings (SSSR count). The Labute approximate surface area is 98.9 Å². The minimum atomic E-state index is -0.363. The van der Waals surface area contributed by atoms with Crippen molar-refractivity contribution in [3.63, 3.8) is 0 Å². The average Bonchev–Trinajstić information content (AvgIpc) is 2.70. The van der Waals surface area contributed by atoms with Crippen LogP contribution in [0.2, 0.25) is 0 Å². The quantitative estimate of drug-likeness (QED) is 0.848. The molecule has 0 radical (unpaired) electrons. The third-order valence-corrected chi connectivity index (χ3v) is 2.62. The molecule has 0 atom stereocenters. The molecule has 0 unspecified atom stereocenters. The van der Waals surface area contributed by atoms with Gasteiger partial charge in [-0.1, -0.05) is 6.07 Å². The van der Waals surface area contributed by atoms with E-state index in [2.05, 4.69) is 5.32 Å². The van der Waals surface area contributed by atoms with Gasteiger partial charge in [0, 0.05) is 18.9 Å². The molecule has 3 nitrogen and oxygen atoms in total. The van der Waals surface area contributed by atoms with Crippen molar-refractivity contribution in [1.82, 2.24) is 4.57 Å². The largest absolute Gasteiger partial charge is 0.347 e. The maximum Gasteiger partial charge on any atom is 0.272 e. The van der Waals surface area contributed by atoms with Gasteiger partial charge in [-0.3, -0.25) is 4.79 Å². The van der Waals surface area contributed by atoms with Gasteiger partial charge in [0.15, 0.2) is 0 Å². The molecule has 0 saturated carbocycles. The maximum absolute atomic E-state index is 13.1. The molecule has 0 fully saturated rings. The zero-order valence-corrected chi connectivity index (χ0v) is 9.70. The van der Waals surface area contributed by atoms with Crippen LogP contribution in [0.25, 0.3) is 0 Å². The summed E-state index contributed by atoms with van der Waals surface area (Å²) >= 11 is 0. The summed E-state index contributed by atoms with van der Waals surface area (Å²) < 4.78 is 14.8. The first-order chi connectivity index (χ1) is 8.08. The minimum Gasteiger partial charge on any atom is -0.347 e. The Kier molecular flexibility index (Phi) is 2.95. The molecule has 1 aromatic carbocycles. The SMILES string of the molecule is Cc1ccc(F)cc1NC(=O)c1cccn1C. The smallest absolute Gasteiger partial charge is 0.272 e. The van der Waals surface area contributed by atoms with Crippen LogP contribution < -0.4 is 5.32 Å². The summed E-state index contributed by atoms with van der Waals surface area (Å²) in [4.78, 5) is 11.9. The molecule has 0 saturated heterocycles. The Morgan fingerprint density at radius 3 is 2.76 bits per heavy atom. The molecule has 1 aromatic heterocycles. The molecule has 88 valence electrons. The number of carbonyl (C=O) groups excluding carboxylic acids is 1. The number of aryl methyl sites for hydroxylation is 2. The van der Waals surface area contributed by atoms with Crippen molar-refractivity contribution in [2.75, 3.05) is 5.32 Å². The van der Waals surface area contributed by atoms with Gasteiger partial charge in [0.2, 0.25) is 0 Å². The molecule has 1 N–H and O–H groups in total. The van der Waals surface area contributed by atoms with Crippen molar-refractivity contribution < 1.29 is 9.18 Å². The van der Waals surface area contributed by atoms with E-state index < -0.39 is 0 Å². The third-order valence-electron chi connectivity index (χ3n) is 2.62. The van der Waals surface area contributed by atoms with Crippen LogP contribution in [-0.2, 0) is 7.05 Å². The van der Waals surface area contributed by atoms with E-state index in [1.54, 1.807) is 36.0 Å². The highest BCUT2D eigenvalue weighted by Crippen LogP contribution is 2.17. The lowest BCUT2D eigenvalue weighted by atomic mass is 10.2. The second-order valence-corrected chi connectivity index (χ2v) is 3.92. The molecule has 0 aliphatic heterocycles. The van der Waals surface area contributed by atoms with E-state index >= 15 is 0 Å². The van der Waals surface area contributed by atoms with Crippen molar-refractivity contribution in [2.45, 2.75) is 6.92 Å². The molecule has 0 spiro atoms. The van der Waals surface area contributed by atoms with E-state index in [4.69, 9.17) is 0 Å². The second kappa shape index (κ2) is 4.41. The van der Waals surface area contributed by atoms with Crippen molar-refractivity contribution >= 4 is 11.6 Å². The molecule has 0 aliphatic rings. The van der Waals surface area contributed by atoms with E-state index in [0.717, 1.165) is 5.56 Å². The fraction of sp³-hybridized carbons (Fsp3) is 0.154. The first kappa shape index (κ1) is 11.4. The summed E-state index contributed by atoms with van der Waals surface area (Å²) in [5.41, 5.74) is 1.86. The van der Waals surface area contributed by atoms with E-state index in [9.17, 15) is 9.18 Å². The summed E-state index contributed by atoms with van der Waals surface area (Å²) in [6.45, 7) is 1.82. The lowest BCUT2D eigenvalue weighted by molar-refractivity contribution is 0.101. The highest BCUT2D eigenvalue weighted by molar-refractivity contribution is 6.03. The van der Waals surface area contributed by atoms with Crippen LogP contribution in [-0.4, -0.2) is 10.5 Å². The molecule has 1 heterocycles. The number of aromatic nitrogens is 1. The van der Waals surface area contributed by atoms with Gasteiger partial charge in [-0.2, -0.15) is 0 Å². The average molecular weight is 232 g/mol. The number of benzene rings is 1. The number of amides is 1. The van der Waals surface area contributed by atoms with Gasteiger partial charge in [-0.05, 0) is 36.8 Å². The van der Waals surface area contributed by atoms with Crippen LogP contribution in [0.5, 0.6) is 0 Å². The molecule has 0 aliphatic carbocycles. The lowest BCUT2D eigenvalue weighted by Crippen LogP contribution is -2.16. The summed E-state index contributed by atoms with van der Waals surface area (Å²) in [6.07, 6.45) is 1.79. The van der Waals surface area contributed by atoms with Crippen LogP contribution in [0.3, 0.4) is 0 Å². The highest BCUT2D eigenvalue weighted by Gasteiger charge is 2.10. The number of anilines is 1. The topological polar surface area (TPSA) is 34.0 Å². The molecule has 4 heteroatoms. The third kappa shape index (κ3) is 2.36. The van der Waals surface area contributed by atoms with Gasteiger partial charge in [-0.25, -0.2) is 4.39 Å². The summed E-state index contributed by atoms with van der Waals surface area (Å²) in [7, 11) is 1.79. The Balaban J connectivity index is 2.24. The molecular weight excluding hydrogens is 219 g/mol. The zero-order chi connectivity index (χ0) is 12.4. The monoisotopic (exact) mass is 232 g/mol. The van der Waals surface area contributed by atoms with Crippen molar-refractivity contribution in [3.05, 3.63) is 53.6 Å². The predicted octanol–water partition coefficient (Wildman–Crippen LogP) is 2.72. The van der Waals surface area contributed by atoms with Crippen molar-refractivity contribution in [2.24, 2.45) is 7.05 Å². The van der Waals surface area contributed by atoms with Crippen LogP contribution in [0.15, 0.2) is 36.5 Å². The standard InChI is InChI=1S/C13H13FN2O/c1-9-5-6-10(14)8-11(9)15-13(17)12-4-3-7-16(12)2/h3-8H,1-2H3,(H,15,17). The molecule has 17 heavy (non-hydrogen) atoms. The number of rotatable bonds is 2. The van der Waals surface area contributed by atoms with Crippen molar-refractivity contribution in [3.8, 4) is 0 Å². The Morgan fingerprint density at radius 1 is 1.35 bits per heavy atom. The first-order valence-corrected chi connectivity index (χ1v) is 5.27. The molecular formula is C13H13FN2O. The molecule has 2 aromatic rings. The van der Waals surface area contributed by atoms with E-state index in [1.165, 1.54) is 12.1 Å². The van der Waals surface area contributed by atoms with Gasteiger partial charge < -0.3 is 9.88 Å². The normalized spacial score (nSPS) is 10.3. The van der Waals surface area contributed by atoms with Crippen LogP contribution in [0.1, 0.15) is 16.1 Å². The molecule has 1 amide bonds. The van der Waals surface area contributed by atoms with Crippen molar-refractivity contribution in [1.29, 1.82) is 0 Å². The van der Waals surface area contributed by atoms with Gasteiger partial charge >= 0.3 is 0 Å². The highest BCUT2D eigenvalue weighted by atomic mass is 19.1. The number of carbonyl (C=O) groups is 1. The second-order valence-electron chi connectivity index (χ2n) is 3.92. The van der Waals surface area contributed by atoms with E-state index in [1.807, 2.05) is 6.92 Å². The van der Waals surface area contributed by atoms with Gasteiger partial charge in [0.25, 0.3) is 5.91 Å². The predicted molar refractivity (Wildman–Crippen MR) is 64.5 cm³/mol. The molecule has 0 bridgehead atoms. The van der Waals surface area contributed by atoms with Crippen LogP contribution >= 0.6 is 0 Å². The summed E-state index contributed by atoms with van der Waals surface area (Å²) in [5.74, 6) is -0.607. The Hall–Kier alpha value is -2.10. The number of hydrogen-bond acceptors (Lipinski definition) is 1. The van der Waals surface area contributed by atoms with Gasteiger partial charge in [0.05, 0.1) is 0 Å². The number of nitrogens with one attached hydrogen (secondary N) is 1. The fourth-order valence-corrected chi connectivity index (χ4v) is 1.61. The van der Waals surface area contributed by atoms with Gasteiger partial charge in [0.1, 0.15) is 11.5 Å². The number of halogens is 1. The van der Waals surface area contributed by atoms with E-state index in [0.29, 0.717) is 11.4 Å². The van der Waals surface area contributed by atoms with Crippen LogP contribution in [0, 0.1) is 12.7 Å². The Morgan fingerprint density at radius 2 is 2.12 bits per heavy atom. The Bertz CT molecular complexity index is 560. The fourth-order valence-electron chi connectivity index (χ4n) is 1.61.